The SMILES string of the molecule is CC(N)Cc1cnc(Oc2ccc(F)cc2)nc1. The first-order valence-corrected chi connectivity index (χ1v) is 5.63. The van der Waals surface area contributed by atoms with Crippen molar-refractivity contribution < 1.29 is 9.13 Å². The molecule has 94 valence electrons. The number of hydrogen-bond acceptors (Lipinski definition) is 4. The lowest BCUT2D eigenvalue weighted by atomic mass is 10.1. The molecule has 1 unspecified atom stereocenters. The second kappa shape index (κ2) is 5.55. The Balaban J connectivity index is 2.04. The van der Waals surface area contributed by atoms with E-state index in [4.69, 9.17) is 10.5 Å². The van der Waals surface area contributed by atoms with Crippen molar-refractivity contribution in [3.8, 4) is 11.8 Å². The van der Waals surface area contributed by atoms with Crippen molar-refractivity contribution in [3.63, 3.8) is 0 Å². The number of nitrogens with two attached hydrogens (primary N) is 1. The molecule has 1 heterocycles. The molecule has 0 radical (unpaired) electrons. The molecule has 0 aliphatic carbocycles. The Morgan fingerprint density at radius 3 is 2.39 bits per heavy atom. The Hall–Kier alpha value is -2.01. The Morgan fingerprint density at radius 2 is 1.83 bits per heavy atom. The van der Waals surface area contributed by atoms with Crippen LogP contribution in [0.1, 0.15) is 12.5 Å². The molecule has 1 aromatic carbocycles. The molecule has 0 fully saturated rings. The third-order valence-electron chi connectivity index (χ3n) is 2.26. The van der Waals surface area contributed by atoms with Gasteiger partial charge in [-0.2, -0.15) is 0 Å². The molecule has 0 spiro atoms. The van der Waals surface area contributed by atoms with Gasteiger partial charge in [-0.1, -0.05) is 0 Å². The van der Waals surface area contributed by atoms with Gasteiger partial charge in [-0.25, -0.2) is 14.4 Å². The van der Waals surface area contributed by atoms with Crippen LogP contribution in [-0.2, 0) is 6.42 Å². The van der Waals surface area contributed by atoms with Crippen LogP contribution in [0.5, 0.6) is 11.8 Å². The quantitative estimate of drug-likeness (QED) is 0.900. The summed E-state index contributed by atoms with van der Waals surface area (Å²) in [5.74, 6) is 0.187. The molecule has 2 rings (SSSR count). The van der Waals surface area contributed by atoms with Gasteiger partial charge in [-0.05, 0) is 43.2 Å². The average Bonchev–Trinajstić information content (AvgIpc) is 2.34. The van der Waals surface area contributed by atoms with Crippen molar-refractivity contribution in [2.75, 3.05) is 0 Å². The number of hydrogen-bond donors (Lipinski definition) is 1. The summed E-state index contributed by atoms with van der Waals surface area (Å²) in [5.41, 5.74) is 6.63. The predicted octanol–water partition coefficient (Wildman–Crippen LogP) is 2.30. The average molecular weight is 247 g/mol. The van der Waals surface area contributed by atoms with Crippen LogP contribution in [0.3, 0.4) is 0 Å². The number of rotatable bonds is 4. The van der Waals surface area contributed by atoms with Gasteiger partial charge in [0.25, 0.3) is 0 Å². The Labute approximate surface area is 105 Å². The fourth-order valence-electron chi connectivity index (χ4n) is 1.48. The van der Waals surface area contributed by atoms with Gasteiger partial charge in [-0.15, -0.1) is 0 Å². The van der Waals surface area contributed by atoms with Crippen LogP contribution in [0.4, 0.5) is 4.39 Å². The molecule has 2 aromatic rings. The molecule has 5 heteroatoms. The number of ether oxygens (including phenoxy) is 1. The lowest BCUT2D eigenvalue weighted by molar-refractivity contribution is 0.439. The third kappa shape index (κ3) is 3.49. The van der Waals surface area contributed by atoms with Gasteiger partial charge in [-0.3, -0.25) is 0 Å². The molecule has 0 bridgehead atoms. The van der Waals surface area contributed by atoms with Gasteiger partial charge in [0, 0.05) is 18.4 Å². The second-order valence-electron chi connectivity index (χ2n) is 4.11. The summed E-state index contributed by atoms with van der Waals surface area (Å²) in [4.78, 5) is 8.13. The van der Waals surface area contributed by atoms with Crippen LogP contribution in [0, 0.1) is 5.82 Å². The summed E-state index contributed by atoms with van der Waals surface area (Å²) in [6, 6.07) is 5.98. The highest BCUT2D eigenvalue weighted by Gasteiger charge is 2.03. The summed E-state index contributed by atoms with van der Waals surface area (Å²) in [6.07, 6.45) is 4.07. The van der Waals surface area contributed by atoms with Crippen molar-refractivity contribution in [1.82, 2.24) is 9.97 Å². The lowest BCUT2D eigenvalue weighted by Crippen LogP contribution is -2.17. The number of halogens is 1. The maximum absolute atomic E-state index is 12.7. The van der Waals surface area contributed by atoms with Gasteiger partial charge in [0.15, 0.2) is 0 Å². The lowest BCUT2D eigenvalue weighted by Gasteiger charge is -2.06. The molecule has 0 saturated heterocycles. The first-order valence-electron chi connectivity index (χ1n) is 5.63. The second-order valence-corrected chi connectivity index (χ2v) is 4.11. The zero-order valence-corrected chi connectivity index (χ0v) is 10.0. The summed E-state index contributed by atoms with van der Waals surface area (Å²) in [6.45, 7) is 1.92. The minimum atomic E-state index is -0.310. The minimum Gasteiger partial charge on any atom is -0.424 e. The fraction of sp³-hybridized carbons (Fsp3) is 0.231. The topological polar surface area (TPSA) is 61.0 Å². The van der Waals surface area contributed by atoms with Crippen LogP contribution in [0.25, 0.3) is 0 Å². The van der Waals surface area contributed by atoms with Crippen molar-refractivity contribution in [2.24, 2.45) is 5.73 Å². The van der Waals surface area contributed by atoms with Gasteiger partial charge in [0.1, 0.15) is 11.6 Å². The highest BCUT2D eigenvalue weighted by Crippen LogP contribution is 2.17. The maximum atomic E-state index is 12.7. The standard InChI is InChI=1S/C13H14FN3O/c1-9(15)6-10-7-16-13(17-8-10)18-12-4-2-11(14)3-5-12/h2-5,7-9H,6,15H2,1H3. The van der Waals surface area contributed by atoms with E-state index < -0.39 is 0 Å². The highest BCUT2D eigenvalue weighted by molar-refractivity contribution is 5.25. The molecular weight excluding hydrogens is 233 g/mol. The zero-order chi connectivity index (χ0) is 13.0. The number of nitrogens with zero attached hydrogens (tertiary/aromatic N) is 2. The van der Waals surface area contributed by atoms with Gasteiger partial charge in [0.05, 0.1) is 0 Å². The van der Waals surface area contributed by atoms with Gasteiger partial charge >= 0.3 is 6.01 Å². The first-order chi connectivity index (χ1) is 8.63. The molecule has 0 saturated carbocycles. The smallest absolute Gasteiger partial charge is 0.321 e. The predicted molar refractivity (Wildman–Crippen MR) is 65.9 cm³/mol. The summed E-state index contributed by atoms with van der Waals surface area (Å²) in [5, 5.41) is 0. The van der Waals surface area contributed by atoms with E-state index in [0.717, 1.165) is 12.0 Å². The van der Waals surface area contributed by atoms with E-state index in [1.54, 1.807) is 12.4 Å². The van der Waals surface area contributed by atoms with Crippen molar-refractivity contribution in [1.29, 1.82) is 0 Å². The van der Waals surface area contributed by atoms with E-state index in [1.807, 2.05) is 6.92 Å². The van der Waals surface area contributed by atoms with Crippen LogP contribution in [0.2, 0.25) is 0 Å². The van der Waals surface area contributed by atoms with E-state index in [-0.39, 0.29) is 17.9 Å². The summed E-state index contributed by atoms with van der Waals surface area (Å²) in [7, 11) is 0. The van der Waals surface area contributed by atoms with E-state index in [0.29, 0.717) is 5.75 Å². The molecule has 0 aliphatic rings. The van der Waals surface area contributed by atoms with E-state index in [9.17, 15) is 4.39 Å². The van der Waals surface area contributed by atoms with Crippen LogP contribution in [-0.4, -0.2) is 16.0 Å². The van der Waals surface area contributed by atoms with Crippen molar-refractivity contribution in [2.45, 2.75) is 19.4 Å². The van der Waals surface area contributed by atoms with E-state index >= 15 is 0 Å². The maximum Gasteiger partial charge on any atom is 0.321 e. The largest absolute Gasteiger partial charge is 0.424 e. The zero-order valence-electron chi connectivity index (χ0n) is 10.0. The summed E-state index contributed by atoms with van der Waals surface area (Å²) < 4.78 is 18.1. The monoisotopic (exact) mass is 247 g/mol. The molecule has 18 heavy (non-hydrogen) atoms. The third-order valence-corrected chi connectivity index (χ3v) is 2.26. The normalized spacial score (nSPS) is 12.2. The molecule has 1 atom stereocenters. The van der Waals surface area contributed by atoms with Crippen molar-refractivity contribution >= 4 is 0 Å². The first kappa shape index (κ1) is 12.4. The fourth-order valence-corrected chi connectivity index (χ4v) is 1.48. The minimum absolute atomic E-state index is 0.0671. The summed E-state index contributed by atoms with van der Waals surface area (Å²) >= 11 is 0. The van der Waals surface area contributed by atoms with Crippen LogP contribution in [0.15, 0.2) is 36.7 Å². The Kier molecular flexibility index (Phi) is 3.84. The molecule has 2 N–H and O–H groups in total. The van der Waals surface area contributed by atoms with E-state index in [1.165, 1.54) is 24.3 Å². The molecule has 0 amide bonds. The Bertz CT molecular complexity index is 497. The number of benzene rings is 1. The number of aromatic nitrogens is 2. The molecule has 1 aromatic heterocycles. The van der Waals surface area contributed by atoms with Gasteiger partial charge in [0.2, 0.25) is 0 Å². The molecule has 0 aliphatic heterocycles. The molecule has 4 nitrogen and oxygen atoms in total. The van der Waals surface area contributed by atoms with Crippen molar-refractivity contribution in [3.05, 3.63) is 48.0 Å². The highest BCUT2D eigenvalue weighted by atomic mass is 19.1. The van der Waals surface area contributed by atoms with E-state index in [2.05, 4.69) is 9.97 Å². The van der Waals surface area contributed by atoms with Gasteiger partial charge < -0.3 is 10.5 Å². The molecular formula is C13H14FN3O. The Morgan fingerprint density at radius 1 is 1.22 bits per heavy atom. The van der Waals surface area contributed by atoms with Crippen LogP contribution < -0.4 is 10.5 Å². The van der Waals surface area contributed by atoms with Crippen LogP contribution >= 0.6 is 0 Å².